The standard InChI is InChI=1S/C19H24N4O/c1-3-15-6-4-5-7-17(15)22-18(24)16-9-12-23(13-10-16)19-20-11-8-14(2)21-19/h4-8,11,16H,3,9-10,12-13H2,1-2H3,(H,22,24). The quantitative estimate of drug-likeness (QED) is 0.938. The third kappa shape index (κ3) is 3.72. The smallest absolute Gasteiger partial charge is 0.227 e. The van der Waals surface area contributed by atoms with Crippen molar-refractivity contribution in [3.05, 3.63) is 47.8 Å². The molecule has 0 aliphatic carbocycles. The van der Waals surface area contributed by atoms with Crippen molar-refractivity contribution in [2.45, 2.75) is 33.1 Å². The molecule has 1 aromatic carbocycles. The molecular formula is C19H24N4O. The predicted molar refractivity (Wildman–Crippen MR) is 96.2 cm³/mol. The number of amides is 1. The summed E-state index contributed by atoms with van der Waals surface area (Å²) >= 11 is 0. The molecule has 5 heteroatoms. The van der Waals surface area contributed by atoms with Crippen LogP contribution in [0.2, 0.25) is 0 Å². The topological polar surface area (TPSA) is 58.1 Å². The number of nitrogens with one attached hydrogen (secondary N) is 1. The van der Waals surface area contributed by atoms with Gasteiger partial charge in [0.1, 0.15) is 0 Å². The number of benzene rings is 1. The first-order valence-electron chi connectivity index (χ1n) is 8.60. The van der Waals surface area contributed by atoms with Crippen molar-refractivity contribution in [1.82, 2.24) is 9.97 Å². The van der Waals surface area contributed by atoms with Crippen LogP contribution in [0, 0.1) is 12.8 Å². The van der Waals surface area contributed by atoms with Gasteiger partial charge in [-0.15, -0.1) is 0 Å². The Morgan fingerprint density at radius 1 is 1.25 bits per heavy atom. The molecule has 0 atom stereocenters. The van der Waals surface area contributed by atoms with Gasteiger partial charge in [0.05, 0.1) is 0 Å². The van der Waals surface area contributed by atoms with Crippen LogP contribution in [-0.4, -0.2) is 29.0 Å². The van der Waals surface area contributed by atoms with Gasteiger partial charge >= 0.3 is 0 Å². The maximum absolute atomic E-state index is 12.6. The first-order valence-corrected chi connectivity index (χ1v) is 8.60. The van der Waals surface area contributed by atoms with E-state index in [1.54, 1.807) is 6.20 Å². The van der Waals surface area contributed by atoms with Crippen LogP contribution in [0.1, 0.15) is 31.0 Å². The second kappa shape index (κ2) is 7.43. The van der Waals surface area contributed by atoms with E-state index in [1.807, 2.05) is 31.2 Å². The largest absolute Gasteiger partial charge is 0.341 e. The third-order valence-corrected chi connectivity index (χ3v) is 4.59. The van der Waals surface area contributed by atoms with E-state index in [2.05, 4.69) is 33.2 Å². The SMILES string of the molecule is CCc1ccccc1NC(=O)C1CCN(c2nccc(C)n2)CC1. The highest BCUT2D eigenvalue weighted by Gasteiger charge is 2.26. The van der Waals surface area contributed by atoms with Crippen molar-refractivity contribution in [3.63, 3.8) is 0 Å². The fraction of sp³-hybridized carbons (Fsp3) is 0.421. The zero-order chi connectivity index (χ0) is 16.9. The lowest BCUT2D eigenvalue weighted by Gasteiger charge is -2.31. The molecule has 1 amide bonds. The van der Waals surface area contributed by atoms with E-state index >= 15 is 0 Å². The van der Waals surface area contributed by atoms with Crippen LogP contribution < -0.4 is 10.2 Å². The summed E-state index contributed by atoms with van der Waals surface area (Å²) in [6.45, 7) is 5.70. The Labute approximate surface area is 143 Å². The van der Waals surface area contributed by atoms with Gasteiger partial charge in [-0.05, 0) is 43.9 Å². The molecule has 1 aromatic heterocycles. The number of anilines is 2. The van der Waals surface area contributed by atoms with Gasteiger partial charge in [0.25, 0.3) is 0 Å². The van der Waals surface area contributed by atoms with Crippen molar-refractivity contribution in [1.29, 1.82) is 0 Å². The Bertz CT molecular complexity index is 708. The lowest BCUT2D eigenvalue weighted by molar-refractivity contribution is -0.120. The maximum atomic E-state index is 12.6. The van der Waals surface area contributed by atoms with Gasteiger partial charge < -0.3 is 10.2 Å². The van der Waals surface area contributed by atoms with Gasteiger partial charge in [-0.3, -0.25) is 4.79 Å². The minimum atomic E-state index is 0.0518. The van der Waals surface area contributed by atoms with Gasteiger partial charge in [-0.25, -0.2) is 9.97 Å². The van der Waals surface area contributed by atoms with Crippen LogP contribution in [0.5, 0.6) is 0 Å². The van der Waals surface area contributed by atoms with E-state index < -0.39 is 0 Å². The summed E-state index contributed by atoms with van der Waals surface area (Å²) in [7, 11) is 0. The molecule has 2 heterocycles. The van der Waals surface area contributed by atoms with E-state index in [9.17, 15) is 4.79 Å². The van der Waals surface area contributed by atoms with Crippen LogP contribution in [-0.2, 0) is 11.2 Å². The summed E-state index contributed by atoms with van der Waals surface area (Å²) in [6.07, 6.45) is 4.37. The van der Waals surface area contributed by atoms with Crippen molar-refractivity contribution in [2.24, 2.45) is 5.92 Å². The monoisotopic (exact) mass is 324 g/mol. The van der Waals surface area contributed by atoms with Gasteiger partial charge in [-0.2, -0.15) is 0 Å². The molecule has 2 aromatic rings. The Hall–Kier alpha value is -2.43. The highest BCUT2D eigenvalue weighted by Crippen LogP contribution is 2.23. The Morgan fingerprint density at radius 2 is 2.00 bits per heavy atom. The number of nitrogens with zero attached hydrogens (tertiary/aromatic N) is 3. The Morgan fingerprint density at radius 3 is 2.71 bits per heavy atom. The van der Waals surface area contributed by atoms with Gasteiger partial charge in [0.15, 0.2) is 0 Å². The summed E-state index contributed by atoms with van der Waals surface area (Å²) in [5, 5.41) is 3.11. The van der Waals surface area contributed by atoms with Gasteiger partial charge in [0, 0.05) is 36.6 Å². The highest BCUT2D eigenvalue weighted by molar-refractivity contribution is 5.93. The number of aromatic nitrogens is 2. The fourth-order valence-corrected chi connectivity index (χ4v) is 3.12. The molecule has 0 spiro atoms. The lowest BCUT2D eigenvalue weighted by atomic mass is 9.95. The maximum Gasteiger partial charge on any atom is 0.227 e. The zero-order valence-corrected chi connectivity index (χ0v) is 14.3. The van der Waals surface area contributed by atoms with E-state index in [0.717, 1.165) is 49.7 Å². The summed E-state index contributed by atoms with van der Waals surface area (Å²) < 4.78 is 0. The van der Waals surface area contributed by atoms with E-state index in [-0.39, 0.29) is 11.8 Å². The average molecular weight is 324 g/mol. The number of piperidine rings is 1. The van der Waals surface area contributed by atoms with Crippen molar-refractivity contribution >= 4 is 17.5 Å². The number of hydrogen-bond acceptors (Lipinski definition) is 4. The summed E-state index contributed by atoms with van der Waals surface area (Å²) in [4.78, 5) is 23.5. The number of carbonyl (C=O) groups excluding carboxylic acids is 1. The minimum Gasteiger partial charge on any atom is -0.341 e. The van der Waals surface area contributed by atoms with Crippen LogP contribution in [0.3, 0.4) is 0 Å². The molecule has 0 saturated carbocycles. The van der Waals surface area contributed by atoms with Crippen molar-refractivity contribution in [3.8, 4) is 0 Å². The third-order valence-electron chi connectivity index (χ3n) is 4.59. The van der Waals surface area contributed by atoms with E-state index in [4.69, 9.17) is 0 Å². The second-order valence-corrected chi connectivity index (χ2v) is 6.26. The molecule has 3 rings (SSSR count). The molecule has 5 nitrogen and oxygen atoms in total. The molecule has 24 heavy (non-hydrogen) atoms. The molecule has 1 aliphatic heterocycles. The Kier molecular flexibility index (Phi) is 5.08. The fourth-order valence-electron chi connectivity index (χ4n) is 3.12. The molecule has 0 bridgehead atoms. The predicted octanol–water partition coefficient (Wildman–Crippen LogP) is 3.20. The number of hydrogen-bond donors (Lipinski definition) is 1. The lowest BCUT2D eigenvalue weighted by Crippen LogP contribution is -2.39. The van der Waals surface area contributed by atoms with Crippen molar-refractivity contribution < 1.29 is 4.79 Å². The molecule has 1 aliphatic rings. The molecule has 1 saturated heterocycles. The summed E-state index contributed by atoms with van der Waals surface area (Å²) in [5.41, 5.74) is 3.09. The van der Waals surface area contributed by atoms with Gasteiger partial charge in [0.2, 0.25) is 11.9 Å². The molecule has 0 radical (unpaired) electrons. The molecule has 1 N–H and O–H groups in total. The molecular weight excluding hydrogens is 300 g/mol. The zero-order valence-electron chi connectivity index (χ0n) is 14.3. The normalized spacial score (nSPS) is 15.3. The number of carbonyl (C=O) groups is 1. The van der Waals surface area contributed by atoms with Crippen LogP contribution in [0.15, 0.2) is 36.5 Å². The minimum absolute atomic E-state index is 0.0518. The summed E-state index contributed by atoms with van der Waals surface area (Å²) in [5.74, 6) is 0.946. The van der Waals surface area contributed by atoms with Crippen LogP contribution >= 0.6 is 0 Å². The first-order chi connectivity index (χ1) is 11.7. The van der Waals surface area contributed by atoms with Crippen molar-refractivity contribution in [2.75, 3.05) is 23.3 Å². The number of aryl methyl sites for hydroxylation is 2. The summed E-state index contributed by atoms with van der Waals surface area (Å²) in [6, 6.07) is 9.91. The number of rotatable bonds is 4. The van der Waals surface area contributed by atoms with E-state index in [1.165, 1.54) is 5.56 Å². The Balaban J connectivity index is 1.59. The second-order valence-electron chi connectivity index (χ2n) is 6.26. The van der Waals surface area contributed by atoms with Crippen LogP contribution in [0.4, 0.5) is 11.6 Å². The molecule has 0 unspecified atom stereocenters. The highest BCUT2D eigenvalue weighted by atomic mass is 16.1. The average Bonchev–Trinajstić information content (AvgIpc) is 2.62. The van der Waals surface area contributed by atoms with E-state index in [0.29, 0.717) is 0 Å². The van der Waals surface area contributed by atoms with Crippen LogP contribution in [0.25, 0.3) is 0 Å². The number of para-hydroxylation sites is 1. The molecule has 1 fully saturated rings. The molecule has 126 valence electrons. The first kappa shape index (κ1) is 16.4. The van der Waals surface area contributed by atoms with Gasteiger partial charge in [-0.1, -0.05) is 25.1 Å².